The SMILES string of the molecule is CNC(C)c1oc2c(Cl)ccc(C)c2c1C. The van der Waals surface area contributed by atoms with Crippen molar-refractivity contribution in [2.45, 2.75) is 26.8 Å². The first-order valence-corrected chi connectivity index (χ1v) is 5.79. The van der Waals surface area contributed by atoms with Crippen molar-refractivity contribution < 1.29 is 4.42 Å². The highest BCUT2D eigenvalue weighted by atomic mass is 35.5. The Morgan fingerprint density at radius 2 is 2.00 bits per heavy atom. The fraction of sp³-hybridized carbons (Fsp3) is 0.385. The Morgan fingerprint density at radius 3 is 2.56 bits per heavy atom. The molecule has 1 aromatic heterocycles. The van der Waals surface area contributed by atoms with E-state index in [0.29, 0.717) is 5.02 Å². The van der Waals surface area contributed by atoms with Gasteiger partial charge in [0, 0.05) is 10.9 Å². The zero-order chi connectivity index (χ0) is 11.9. The van der Waals surface area contributed by atoms with Crippen molar-refractivity contribution in [1.82, 2.24) is 5.32 Å². The molecule has 0 radical (unpaired) electrons. The monoisotopic (exact) mass is 237 g/mol. The Morgan fingerprint density at radius 1 is 1.31 bits per heavy atom. The molecule has 86 valence electrons. The fourth-order valence-electron chi connectivity index (χ4n) is 2.08. The van der Waals surface area contributed by atoms with Crippen LogP contribution in [0.25, 0.3) is 11.0 Å². The average Bonchev–Trinajstić information content (AvgIpc) is 2.62. The van der Waals surface area contributed by atoms with Crippen LogP contribution in [-0.2, 0) is 0 Å². The minimum absolute atomic E-state index is 0.197. The van der Waals surface area contributed by atoms with E-state index in [4.69, 9.17) is 16.0 Å². The van der Waals surface area contributed by atoms with Gasteiger partial charge in [-0.25, -0.2) is 0 Å². The third-order valence-electron chi connectivity index (χ3n) is 3.10. The first-order chi connectivity index (χ1) is 7.56. The molecule has 0 bridgehead atoms. The molecule has 0 saturated carbocycles. The van der Waals surface area contributed by atoms with Gasteiger partial charge in [0.15, 0.2) is 5.58 Å². The lowest BCUT2D eigenvalue weighted by Crippen LogP contribution is -2.12. The standard InChI is InChI=1S/C13H16ClNO/c1-7-5-6-10(14)13-11(7)8(2)12(16-13)9(3)15-4/h5-6,9,15H,1-4H3. The lowest BCUT2D eigenvalue weighted by molar-refractivity contribution is 0.471. The molecule has 1 aromatic carbocycles. The zero-order valence-corrected chi connectivity index (χ0v) is 10.8. The van der Waals surface area contributed by atoms with Crippen LogP contribution in [0.2, 0.25) is 5.02 Å². The molecule has 16 heavy (non-hydrogen) atoms. The molecule has 0 aliphatic rings. The van der Waals surface area contributed by atoms with Crippen molar-refractivity contribution in [2.24, 2.45) is 0 Å². The smallest absolute Gasteiger partial charge is 0.153 e. The number of aryl methyl sites for hydroxylation is 2. The predicted molar refractivity (Wildman–Crippen MR) is 68.2 cm³/mol. The van der Waals surface area contributed by atoms with Crippen LogP contribution >= 0.6 is 11.6 Å². The molecule has 2 rings (SSSR count). The van der Waals surface area contributed by atoms with E-state index in [-0.39, 0.29) is 6.04 Å². The van der Waals surface area contributed by atoms with Gasteiger partial charge in [0.2, 0.25) is 0 Å². The molecule has 0 fully saturated rings. The van der Waals surface area contributed by atoms with Crippen molar-refractivity contribution in [3.05, 3.63) is 34.0 Å². The summed E-state index contributed by atoms with van der Waals surface area (Å²) in [6.07, 6.45) is 0. The number of hydrogen-bond donors (Lipinski definition) is 1. The van der Waals surface area contributed by atoms with Gasteiger partial charge in [-0.2, -0.15) is 0 Å². The highest BCUT2D eigenvalue weighted by Gasteiger charge is 2.18. The van der Waals surface area contributed by atoms with Crippen LogP contribution in [0.15, 0.2) is 16.5 Å². The van der Waals surface area contributed by atoms with Crippen LogP contribution in [0.4, 0.5) is 0 Å². The van der Waals surface area contributed by atoms with Gasteiger partial charge in [-0.05, 0) is 39.4 Å². The van der Waals surface area contributed by atoms with E-state index in [0.717, 1.165) is 16.7 Å². The molecule has 1 unspecified atom stereocenters. The molecule has 2 aromatic rings. The molecule has 1 heterocycles. The van der Waals surface area contributed by atoms with E-state index in [9.17, 15) is 0 Å². The number of rotatable bonds is 2. The molecular weight excluding hydrogens is 222 g/mol. The molecule has 0 aliphatic carbocycles. The van der Waals surface area contributed by atoms with E-state index in [1.54, 1.807) is 0 Å². The number of halogens is 1. The van der Waals surface area contributed by atoms with Crippen molar-refractivity contribution in [3.8, 4) is 0 Å². The maximum Gasteiger partial charge on any atom is 0.153 e. The van der Waals surface area contributed by atoms with Gasteiger partial charge in [-0.1, -0.05) is 17.7 Å². The van der Waals surface area contributed by atoms with Gasteiger partial charge in [-0.15, -0.1) is 0 Å². The van der Waals surface area contributed by atoms with Crippen LogP contribution in [0.5, 0.6) is 0 Å². The summed E-state index contributed by atoms with van der Waals surface area (Å²) in [6.45, 7) is 6.24. The van der Waals surface area contributed by atoms with Gasteiger partial charge in [0.25, 0.3) is 0 Å². The molecule has 0 saturated heterocycles. The summed E-state index contributed by atoms with van der Waals surface area (Å²) in [5.41, 5.74) is 3.18. The minimum atomic E-state index is 0.197. The average molecular weight is 238 g/mol. The van der Waals surface area contributed by atoms with E-state index in [1.807, 2.05) is 19.2 Å². The molecule has 2 nitrogen and oxygen atoms in total. The number of fused-ring (bicyclic) bond motifs is 1. The van der Waals surface area contributed by atoms with Gasteiger partial charge < -0.3 is 9.73 Å². The summed E-state index contributed by atoms with van der Waals surface area (Å²) in [5.74, 6) is 0.966. The highest BCUT2D eigenvalue weighted by Crippen LogP contribution is 2.35. The van der Waals surface area contributed by atoms with E-state index >= 15 is 0 Å². The van der Waals surface area contributed by atoms with Crippen LogP contribution in [0.1, 0.15) is 29.9 Å². The quantitative estimate of drug-likeness (QED) is 0.855. The van der Waals surface area contributed by atoms with Gasteiger partial charge >= 0.3 is 0 Å². The Bertz CT molecular complexity index is 530. The molecule has 3 heteroatoms. The normalized spacial score (nSPS) is 13.3. The Balaban J connectivity index is 2.77. The van der Waals surface area contributed by atoms with Crippen molar-refractivity contribution in [3.63, 3.8) is 0 Å². The van der Waals surface area contributed by atoms with Gasteiger partial charge in [0.1, 0.15) is 5.76 Å². The van der Waals surface area contributed by atoms with Crippen LogP contribution in [-0.4, -0.2) is 7.05 Å². The Kier molecular flexibility index (Phi) is 2.96. The second-order valence-corrected chi connectivity index (χ2v) is 4.58. The number of nitrogens with one attached hydrogen (secondary N) is 1. The van der Waals surface area contributed by atoms with Gasteiger partial charge in [-0.3, -0.25) is 0 Å². The largest absolute Gasteiger partial charge is 0.458 e. The van der Waals surface area contributed by atoms with E-state index in [2.05, 4.69) is 26.1 Å². The predicted octanol–water partition coefficient (Wildman–Crippen LogP) is 3.98. The Labute approximate surface area is 101 Å². The first kappa shape index (κ1) is 11.5. The first-order valence-electron chi connectivity index (χ1n) is 5.41. The van der Waals surface area contributed by atoms with Crippen molar-refractivity contribution >= 4 is 22.6 Å². The minimum Gasteiger partial charge on any atom is -0.458 e. The third kappa shape index (κ3) is 1.62. The fourth-order valence-corrected chi connectivity index (χ4v) is 2.27. The highest BCUT2D eigenvalue weighted by molar-refractivity contribution is 6.35. The maximum atomic E-state index is 6.15. The third-order valence-corrected chi connectivity index (χ3v) is 3.40. The van der Waals surface area contributed by atoms with Crippen LogP contribution in [0.3, 0.4) is 0 Å². The van der Waals surface area contributed by atoms with Crippen LogP contribution < -0.4 is 5.32 Å². The second kappa shape index (κ2) is 4.11. The van der Waals surface area contributed by atoms with Gasteiger partial charge in [0.05, 0.1) is 11.1 Å². The summed E-state index contributed by atoms with van der Waals surface area (Å²) in [7, 11) is 1.92. The summed E-state index contributed by atoms with van der Waals surface area (Å²) in [4.78, 5) is 0. The lowest BCUT2D eigenvalue weighted by Gasteiger charge is -2.07. The Hall–Kier alpha value is -0.990. The number of hydrogen-bond acceptors (Lipinski definition) is 2. The topological polar surface area (TPSA) is 25.2 Å². The van der Waals surface area contributed by atoms with Crippen molar-refractivity contribution in [2.75, 3.05) is 7.05 Å². The van der Waals surface area contributed by atoms with Crippen LogP contribution in [0, 0.1) is 13.8 Å². The lowest BCUT2D eigenvalue weighted by atomic mass is 10.0. The number of furan rings is 1. The molecule has 1 N–H and O–H groups in total. The van der Waals surface area contributed by atoms with E-state index < -0.39 is 0 Å². The summed E-state index contributed by atoms with van der Waals surface area (Å²) in [6, 6.07) is 4.11. The van der Waals surface area contributed by atoms with Crippen molar-refractivity contribution in [1.29, 1.82) is 0 Å². The molecule has 1 atom stereocenters. The second-order valence-electron chi connectivity index (χ2n) is 4.17. The molecular formula is C13H16ClNO. The maximum absolute atomic E-state index is 6.15. The summed E-state index contributed by atoms with van der Waals surface area (Å²) < 4.78 is 5.87. The molecule has 0 amide bonds. The molecule has 0 spiro atoms. The molecule has 0 aliphatic heterocycles. The zero-order valence-electron chi connectivity index (χ0n) is 10.0. The number of benzene rings is 1. The summed E-state index contributed by atoms with van der Waals surface area (Å²) >= 11 is 6.15. The summed E-state index contributed by atoms with van der Waals surface area (Å²) in [5, 5.41) is 5.01. The van der Waals surface area contributed by atoms with E-state index in [1.165, 1.54) is 11.1 Å².